The molecule has 0 amide bonds. The fourth-order valence-corrected chi connectivity index (χ4v) is 19.2. The Hall–Kier alpha value is -15.1. The van der Waals surface area contributed by atoms with Gasteiger partial charge in [0, 0.05) is 0 Å². The molecule has 116 heavy (non-hydrogen) atoms. The van der Waals surface area contributed by atoms with E-state index in [1.807, 2.05) is 0 Å². The van der Waals surface area contributed by atoms with Crippen molar-refractivity contribution in [3.8, 4) is 111 Å². The third-order valence-electron chi connectivity index (χ3n) is 24.3. The van der Waals surface area contributed by atoms with Crippen LogP contribution in [0.4, 0.5) is 0 Å². The van der Waals surface area contributed by atoms with Crippen LogP contribution in [0, 0.1) is 0 Å². The van der Waals surface area contributed by atoms with Gasteiger partial charge in [0.15, 0.2) is 0 Å². The monoisotopic (exact) mass is 1470 g/mol. The van der Waals surface area contributed by atoms with E-state index in [4.69, 9.17) is 0 Å². The summed E-state index contributed by atoms with van der Waals surface area (Å²) in [5.74, 6) is 0. The van der Waals surface area contributed by atoms with Crippen LogP contribution in [0.15, 0.2) is 449 Å². The number of fused-ring (bicyclic) bond motifs is 15. The number of benzene rings is 23. The SMILES string of the molecule is c1ccc(-c2c3ccccc3c(-c3cccc4ccccc34)c3ccccc23)cc1.c1ccc(-c2ccc3c(c2)cc(-c2c4ccccc4c(-c4ccccc4-c4ccccc4)c4ccccc24)c2ccccc23)cc1.c1ccc2cc(-c3c4ccccc4c4c5c(cccc35)-c3cc(-c5cccc6ccccc56)ccc3-4)ccc2c1. The van der Waals surface area contributed by atoms with Gasteiger partial charge in [-0.3, -0.25) is 0 Å². The smallest absolute Gasteiger partial charge is 0.00137 e. The van der Waals surface area contributed by atoms with Crippen LogP contribution in [-0.2, 0) is 0 Å². The van der Waals surface area contributed by atoms with E-state index in [1.165, 1.54) is 230 Å². The molecule has 1 aliphatic carbocycles. The molecule has 1 aliphatic rings. The Morgan fingerprint density at radius 3 is 1.03 bits per heavy atom. The normalized spacial score (nSPS) is 11.6. The first kappa shape index (κ1) is 67.8. The van der Waals surface area contributed by atoms with Gasteiger partial charge in [-0.2, -0.15) is 0 Å². The molecule has 0 heterocycles. The van der Waals surface area contributed by atoms with Crippen molar-refractivity contribution in [1.29, 1.82) is 0 Å². The van der Waals surface area contributed by atoms with Crippen molar-refractivity contribution in [2.75, 3.05) is 0 Å². The molecule has 23 aromatic carbocycles. The van der Waals surface area contributed by atoms with Gasteiger partial charge < -0.3 is 0 Å². The Morgan fingerprint density at radius 2 is 0.448 bits per heavy atom. The predicted octanol–water partition coefficient (Wildman–Crippen LogP) is 32.7. The van der Waals surface area contributed by atoms with E-state index >= 15 is 0 Å². The molecular weight excluding hydrogens is 1390 g/mol. The van der Waals surface area contributed by atoms with E-state index in [9.17, 15) is 0 Å². The van der Waals surface area contributed by atoms with Crippen LogP contribution in [0.25, 0.3) is 230 Å². The summed E-state index contributed by atoms with van der Waals surface area (Å²) in [4.78, 5) is 0. The molecule has 0 heteroatoms. The zero-order chi connectivity index (χ0) is 76.6. The molecule has 0 unspecified atom stereocenters. The van der Waals surface area contributed by atoms with Crippen LogP contribution in [0.5, 0.6) is 0 Å². The van der Waals surface area contributed by atoms with E-state index < -0.39 is 0 Å². The van der Waals surface area contributed by atoms with E-state index in [-0.39, 0.29) is 0 Å². The molecule has 0 nitrogen and oxygen atoms in total. The third kappa shape index (κ3) is 11.4. The van der Waals surface area contributed by atoms with Crippen molar-refractivity contribution in [3.63, 3.8) is 0 Å². The molecule has 0 aromatic heterocycles. The maximum atomic E-state index is 2.43. The Morgan fingerprint density at radius 1 is 0.0948 bits per heavy atom. The first-order chi connectivity index (χ1) is 57.6. The molecule has 0 spiro atoms. The van der Waals surface area contributed by atoms with Crippen molar-refractivity contribution in [2.45, 2.75) is 0 Å². The molecule has 538 valence electrons. The van der Waals surface area contributed by atoms with Crippen molar-refractivity contribution in [2.24, 2.45) is 0 Å². The summed E-state index contributed by atoms with van der Waals surface area (Å²) in [5.41, 5.74) is 25.7. The summed E-state index contributed by atoms with van der Waals surface area (Å²) in [7, 11) is 0. The molecule has 0 saturated heterocycles. The van der Waals surface area contributed by atoms with E-state index in [0.717, 1.165) is 0 Å². The summed E-state index contributed by atoms with van der Waals surface area (Å²) < 4.78 is 0. The van der Waals surface area contributed by atoms with Crippen molar-refractivity contribution >= 4 is 118 Å². The zero-order valence-corrected chi connectivity index (χ0v) is 63.7. The lowest BCUT2D eigenvalue weighted by Gasteiger charge is -2.21. The maximum absolute atomic E-state index is 2.43. The number of rotatable bonds is 8. The van der Waals surface area contributed by atoms with Gasteiger partial charge in [-0.05, 0) is 254 Å². The summed E-state index contributed by atoms with van der Waals surface area (Å²) in [6.07, 6.45) is 0. The fraction of sp³-hybridized carbons (Fsp3) is 0. The van der Waals surface area contributed by atoms with Crippen LogP contribution >= 0.6 is 0 Å². The highest BCUT2D eigenvalue weighted by atomic mass is 14.3. The molecule has 0 radical (unpaired) electrons. The van der Waals surface area contributed by atoms with Gasteiger partial charge in [-0.15, -0.1) is 0 Å². The van der Waals surface area contributed by atoms with Gasteiger partial charge in [0.05, 0.1) is 0 Å². The largest absolute Gasteiger partial charge is 0.0622 e. The summed E-state index contributed by atoms with van der Waals surface area (Å²) in [5, 5.41) is 28.3. The first-order valence-corrected chi connectivity index (χ1v) is 40.3. The lowest BCUT2D eigenvalue weighted by atomic mass is 9.82. The van der Waals surface area contributed by atoms with Gasteiger partial charge >= 0.3 is 0 Å². The molecule has 0 bridgehead atoms. The summed E-state index contributed by atoms with van der Waals surface area (Å²) in [6.45, 7) is 0. The summed E-state index contributed by atoms with van der Waals surface area (Å²) in [6, 6.07) is 164. The maximum Gasteiger partial charge on any atom is -0.00137 e. The Bertz CT molecular complexity index is 7740. The molecule has 0 N–H and O–H groups in total. The Balaban J connectivity index is 0.000000108. The van der Waals surface area contributed by atoms with E-state index in [2.05, 4.69) is 449 Å². The zero-order valence-electron chi connectivity index (χ0n) is 63.7. The molecule has 0 atom stereocenters. The van der Waals surface area contributed by atoms with Crippen molar-refractivity contribution in [3.05, 3.63) is 449 Å². The number of hydrogen-bond acceptors (Lipinski definition) is 0. The Kier molecular flexibility index (Phi) is 16.7. The topological polar surface area (TPSA) is 0 Å². The minimum absolute atomic E-state index is 1.23. The second-order valence-corrected chi connectivity index (χ2v) is 30.6. The molecule has 24 rings (SSSR count). The highest BCUT2D eigenvalue weighted by Gasteiger charge is 2.28. The molecule has 0 aliphatic heterocycles. The van der Waals surface area contributed by atoms with Crippen molar-refractivity contribution in [1.82, 2.24) is 0 Å². The standard InChI is InChI=1S/C46H30.C40H24.C30H20/c1-3-15-31(16-4-1)33-27-28-36-34(29-33)30-44(38-21-9-8-20-37(36)38)46-42-25-13-11-23-40(42)45(41-24-12-14-26-43(41)46)39-22-10-7-19-35(39)32-17-5-2-6-18-32;1-2-11-27-23-29(20-19-25(27)9-1)38-32-14-5-6-15-33(32)39-35-22-21-28(24-37(35)34-17-8-18-36(38)40(34)39)31-16-7-12-26-10-3-4-13-30(26)31;1-2-12-22(13-3-1)29-25-16-6-8-18-27(25)30(28-19-9-7-17-26(28)29)24-20-10-14-21-11-4-5-15-23(21)24/h1-30H;1-24H;1-20H. The first-order valence-electron chi connectivity index (χ1n) is 40.3. The predicted molar refractivity (Wildman–Crippen MR) is 500 cm³/mol. The molecule has 0 fully saturated rings. The second-order valence-electron chi connectivity index (χ2n) is 30.6. The second kappa shape index (κ2) is 28.6. The van der Waals surface area contributed by atoms with E-state index in [1.54, 1.807) is 0 Å². The average molecular weight is 1470 g/mol. The van der Waals surface area contributed by atoms with Gasteiger partial charge in [-0.25, -0.2) is 0 Å². The molecule has 23 aromatic rings. The van der Waals surface area contributed by atoms with Crippen LogP contribution < -0.4 is 0 Å². The lowest BCUT2D eigenvalue weighted by Crippen LogP contribution is -1.93. The minimum atomic E-state index is 1.23. The van der Waals surface area contributed by atoms with Gasteiger partial charge in [0.2, 0.25) is 0 Å². The Labute approximate surface area is 674 Å². The highest BCUT2D eigenvalue weighted by molar-refractivity contribution is 6.31. The van der Waals surface area contributed by atoms with E-state index in [0.29, 0.717) is 0 Å². The molecule has 0 saturated carbocycles. The average Bonchev–Trinajstić information content (AvgIpc) is 1.45. The van der Waals surface area contributed by atoms with Gasteiger partial charge in [0.25, 0.3) is 0 Å². The van der Waals surface area contributed by atoms with Crippen molar-refractivity contribution < 1.29 is 0 Å². The third-order valence-corrected chi connectivity index (χ3v) is 24.3. The highest BCUT2D eigenvalue weighted by Crippen LogP contribution is 2.56. The van der Waals surface area contributed by atoms with Crippen LogP contribution in [-0.4, -0.2) is 0 Å². The van der Waals surface area contributed by atoms with Gasteiger partial charge in [-0.1, -0.05) is 425 Å². The van der Waals surface area contributed by atoms with Crippen LogP contribution in [0.1, 0.15) is 0 Å². The van der Waals surface area contributed by atoms with Crippen LogP contribution in [0.3, 0.4) is 0 Å². The lowest BCUT2D eigenvalue weighted by molar-refractivity contribution is 1.61. The minimum Gasteiger partial charge on any atom is -0.0622 e. The molecular formula is C116H74. The number of hydrogen-bond donors (Lipinski definition) is 0. The summed E-state index contributed by atoms with van der Waals surface area (Å²) >= 11 is 0. The fourth-order valence-electron chi connectivity index (χ4n) is 19.2. The van der Waals surface area contributed by atoms with Crippen LogP contribution in [0.2, 0.25) is 0 Å². The quantitative estimate of drug-likeness (QED) is 0.105. The van der Waals surface area contributed by atoms with Gasteiger partial charge in [0.1, 0.15) is 0 Å².